The molecule has 0 spiro atoms. The van der Waals surface area contributed by atoms with Crippen LogP contribution in [-0.2, 0) is 26.2 Å². The first-order chi connectivity index (χ1) is 21.4. The van der Waals surface area contributed by atoms with Crippen molar-refractivity contribution in [1.29, 1.82) is 0 Å². The second kappa shape index (κ2) is 14.6. The van der Waals surface area contributed by atoms with Crippen LogP contribution >= 0.6 is 11.6 Å². The van der Waals surface area contributed by atoms with Crippen LogP contribution in [0.5, 0.6) is 11.5 Å². The predicted octanol–water partition coefficient (Wildman–Crippen LogP) is 7.05. The van der Waals surface area contributed by atoms with Crippen LogP contribution in [0.2, 0.25) is 5.02 Å². The first-order valence-electron chi connectivity index (χ1n) is 14.6. The van der Waals surface area contributed by atoms with Crippen molar-refractivity contribution in [2.24, 2.45) is 0 Å². The molecule has 0 aliphatic rings. The highest BCUT2D eigenvalue weighted by atomic mass is 35.5. The van der Waals surface area contributed by atoms with Gasteiger partial charge in [-0.2, -0.15) is 0 Å². The number of ether oxygens (including phenoxy) is 1. The largest absolute Gasteiger partial charge is 0.457 e. The van der Waals surface area contributed by atoms with E-state index in [1.54, 1.807) is 66.7 Å². The molecule has 0 saturated carbocycles. The Morgan fingerprint density at radius 3 is 1.96 bits per heavy atom. The summed E-state index contributed by atoms with van der Waals surface area (Å²) in [6.07, 6.45) is 0.301. The summed E-state index contributed by atoms with van der Waals surface area (Å²) in [7, 11) is -4.20. The molecule has 8 nitrogen and oxygen atoms in total. The molecule has 1 atom stereocenters. The second-order valence-corrected chi connectivity index (χ2v) is 13.8. The third-order valence-corrected chi connectivity index (χ3v) is 9.05. The van der Waals surface area contributed by atoms with Crippen LogP contribution in [0.1, 0.15) is 39.7 Å². The molecule has 4 rings (SSSR count). The summed E-state index contributed by atoms with van der Waals surface area (Å²) in [6.45, 7) is 6.84. The summed E-state index contributed by atoms with van der Waals surface area (Å²) >= 11 is 6.48. The molecule has 0 aliphatic heterocycles. The lowest BCUT2D eigenvalue weighted by atomic mass is 10.1. The summed E-state index contributed by atoms with van der Waals surface area (Å²) < 4.78 is 35.1. The molecule has 0 unspecified atom stereocenters. The zero-order valence-corrected chi connectivity index (χ0v) is 27.4. The third kappa shape index (κ3) is 8.86. The Bertz CT molecular complexity index is 1690. The van der Waals surface area contributed by atoms with Crippen molar-refractivity contribution < 1.29 is 22.7 Å². The topological polar surface area (TPSA) is 96.0 Å². The van der Waals surface area contributed by atoms with Gasteiger partial charge in [0.15, 0.2) is 0 Å². The Balaban J connectivity index is 1.73. The summed E-state index contributed by atoms with van der Waals surface area (Å²) in [5.74, 6) is 0.224. The van der Waals surface area contributed by atoms with Gasteiger partial charge in [0.25, 0.3) is 10.0 Å². The fraction of sp³-hybridized carbons (Fsp3) is 0.257. The number of benzene rings is 4. The minimum atomic E-state index is -4.20. The number of amides is 2. The van der Waals surface area contributed by atoms with E-state index in [1.807, 2.05) is 58.0 Å². The molecule has 1 N–H and O–H groups in total. The van der Waals surface area contributed by atoms with Gasteiger partial charge in [-0.25, -0.2) is 8.42 Å². The molecule has 236 valence electrons. The molecular weight excluding hydrogens is 610 g/mol. The van der Waals surface area contributed by atoms with Crippen molar-refractivity contribution >= 4 is 39.1 Å². The molecule has 45 heavy (non-hydrogen) atoms. The average Bonchev–Trinajstić information content (AvgIpc) is 3.01. The van der Waals surface area contributed by atoms with E-state index in [9.17, 15) is 18.0 Å². The van der Waals surface area contributed by atoms with Crippen molar-refractivity contribution in [3.05, 3.63) is 120 Å². The number of anilines is 1. The SMILES string of the molecule is CC[C@@H](C(=O)NC(C)(C)C)N(Cc1ccccc1Cl)C(=O)CN(c1ccc(Oc2ccccc2)cc1)S(=O)(=O)c1ccccc1. The van der Waals surface area contributed by atoms with Crippen LogP contribution < -0.4 is 14.4 Å². The highest BCUT2D eigenvalue weighted by molar-refractivity contribution is 7.92. The van der Waals surface area contributed by atoms with Crippen LogP contribution in [0.4, 0.5) is 5.69 Å². The van der Waals surface area contributed by atoms with E-state index < -0.39 is 34.1 Å². The lowest BCUT2D eigenvalue weighted by Crippen LogP contribution is -2.55. The number of hydrogen-bond donors (Lipinski definition) is 1. The number of carbonyl (C=O) groups excluding carboxylic acids is 2. The number of nitrogens with one attached hydrogen (secondary N) is 1. The van der Waals surface area contributed by atoms with Gasteiger partial charge in [-0.15, -0.1) is 0 Å². The van der Waals surface area contributed by atoms with Gasteiger partial charge in [0.2, 0.25) is 11.8 Å². The number of halogens is 1. The number of nitrogens with zero attached hydrogens (tertiary/aromatic N) is 2. The molecule has 0 saturated heterocycles. The smallest absolute Gasteiger partial charge is 0.264 e. The number of hydrogen-bond acceptors (Lipinski definition) is 5. The van der Waals surface area contributed by atoms with Crippen molar-refractivity contribution in [3.8, 4) is 11.5 Å². The molecule has 0 bridgehead atoms. The molecule has 0 heterocycles. The molecule has 2 amide bonds. The van der Waals surface area contributed by atoms with Crippen molar-refractivity contribution in [2.75, 3.05) is 10.8 Å². The molecule has 10 heteroatoms. The predicted molar refractivity (Wildman–Crippen MR) is 178 cm³/mol. The lowest BCUT2D eigenvalue weighted by molar-refractivity contribution is -0.141. The van der Waals surface area contributed by atoms with Crippen LogP contribution in [0.25, 0.3) is 0 Å². The normalized spacial score (nSPS) is 12.2. The van der Waals surface area contributed by atoms with Crippen LogP contribution in [0.15, 0.2) is 114 Å². The monoisotopic (exact) mass is 647 g/mol. The van der Waals surface area contributed by atoms with Crippen LogP contribution in [-0.4, -0.2) is 43.3 Å². The maximum absolute atomic E-state index is 14.3. The highest BCUT2D eigenvalue weighted by Gasteiger charge is 2.34. The molecule has 0 fully saturated rings. The summed E-state index contributed by atoms with van der Waals surface area (Å²) in [6, 6.07) is 29.8. The first-order valence-corrected chi connectivity index (χ1v) is 16.5. The second-order valence-electron chi connectivity index (χ2n) is 11.5. The average molecular weight is 648 g/mol. The van der Waals surface area contributed by atoms with Gasteiger partial charge in [0.1, 0.15) is 24.1 Å². The first kappa shape index (κ1) is 33.6. The summed E-state index contributed by atoms with van der Waals surface area (Å²) in [4.78, 5) is 29.2. The van der Waals surface area contributed by atoms with Gasteiger partial charge < -0.3 is 15.0 Å². The van der Waals surface area contributed by atoms with Gasteiger partial charge in [-0.05, 0) is 87.4 Å². The van der Waals surface area contributed by atoms with E-state index in [0.29, 0.717) is 28.5 Å². The fourth-order valence-corrected chi connectivity index (χ4v) is 6.37. The Kier molecular flexibility index (Phi) is 10.9. The van der Waals surface area contributed by atoms with E-state index in [1.165, 1.54) is 17.0 Å². The van der Waals surface area contributed by atoms with E-state index >= 15 is 0 Å². The lowest BCUT2D eigenvalue weighted by Gasteiger charge is -2.35. The number of rotatable bonds is 12. The Labute approximate surface area is 270 Å². The minimum absolute atomic E-state index is 0.0116. The Morgan fingerprint density at radius 2 is 1.38 bits per heavy atom. The van der Waals surface area contributed by atoms with Crippen molar-refractivity contribution in [2.45, 2.75) is 57.1 Å². The third-order valence-electron chi connectivity index (χ3n) is 6.90. The fourth-order valence-electron chi connectivity index (χ4n) is 4.74. The van der Waals surface area contributed by atoms with Gasteiger partial charge in [-0.1, -0.05) is 73.1 Å². The van der Waals surface area contributed by atoms with Gasteiger partial charge in [0.05, 0.1) is 10.6 Å². The molecule has 0 radical (unpaired) electrons. The van der Waals surface area contributed by atoms with Gasteiger partial charge in [-0.3, -0.25) is 13.9 Å². The van der Waals surface area contributed by atoms with Crippen LogP contribution in [0, 0.1) is 0 Å². The molecule has 0 aromatic heterocycles. The minimum Gasteiger partial charge on any atom is -0.457 e. The maximum atomic E-state index is 14.3. The summed E-state index contributed by atoms with van der Waals surface area (Å²) in [5.41, 5.74) is 0.350. The molecule has 4 aromatic rings. The van der Waals surface area contributed by atoms with Crippen molar-refractivity contribution in [1.82, 2.24) is 10.2 Å². The highest BCUT2D eigenvalue weighted by Crippen LogP contribution is 2.29. The van der Waals surface area contributed by atoms with E-state index in [0.717, 1.165) is 4.31 Å². The van der Waals surface area contributed by atoms with Crippen molar-refractivity contribution in [3.63, 3.8) is 0 Å². The van der Waals surface area contributed by atoms with Gasteiger partial charge >= 0.3 is 0 Å². The standard InChI is InChI=1S/C35H38ClN3O5S/c1-5-32(34(41)37-35(2,3)4)38(24-26-14-12-13-19-31(26)36)33(40)25-39(45(42,43)30-17-10-7-11-18-30)27-20-22-29(23-21-27)44-28-15-8-6-9-16-28/h6-23,32H,5,24-25H2,1-4H3,(H,37,41)/t32-/m0/s1. The molecular formula is C35H38ClN3O5S. The van der Waals surface area contributed by atoms with E-state index in [4.69, 9.17) is 16.3 Å². The maximum Gasteiger partial charge on any atom is 0.264 e. The quantitative estimate of drug-likeness (QED) is 0.178. The van der Waals surface area contributed by atoms with E-state index in [-0.39, 0.29) is 23.0 Å². The Morgan fingerprint density at radius 1 is 0.822 bits per heavy atom. The zero-order valence-electron chi connectivity index (χ0n) is 25.8. The zero-order chi connectivity index (χ0) is 32.6. The molecule has 0 aliphatic carbocycles. The van der Waals surface area contributed by atoms with Crippen LogP contribution in [0.3, 0.4) is 0 Å². The summed E-state index contributed by atoms with van der Waals surface area (Å²) in [5, 5.41) is 3.40. The number of carbonyl (C=O) groups is 2. The van der Waals surface area contributed by atoms with E-state index in [2.05, 4.69) is 5.32 Å². The van der Waals surface area contributed by atoms with Gasteiger partial charge in [0, 0.05) is 17.1 Å². The Hall–Kier alpha value is -4.34. The number of para-hydroxylation sites is 1. The number of sulfonamides is 1. The molecule has 4 aromatic carbocycles.